The van der Waals surface area contributed by atoms with Gasteiger partial charge in [0.25, 0.3) is 0 Å². The molecule has 0 saturated heterocycles. The Morgan fingerprint density at radius 1 is 1.26 bits per heavy atom. The van der Waals surface area contributed by atoms with Crippen molar-refractivity contribution in [3.8, 4) is 11.5 Å². The highest BCUT2D eigenvalue weighted by molar-refractivity contribution is 6.19. The molecule has 0 fully saturated rings. The fourth-order valence-corrected chi connectivity index (χ4v) is 3.58. The maximum atomic E-state index is 13.5. The molecule has 0 aromatic carbocycles. The molecule has 1 unspecified atom stereocenters. The van der Waals surface area contributed by atoms with E-state index in [1.165, 1.54) is 32.3 Å². The van der Waals surface area contributed by atoms with Gasteiger partial charge in [-0.15, -0.1) is 0 Å². The number of nitrogens with zero attached hydrogens (tertiary/aromatic N) is 5. The highest BCUT2D eigenvalue weighted by atomic mass is 19.4. The summed E-state index contributed by atoms with van der Waals surface area (Å²) >= 11 is 0. The first-order valence-corrected chi connectivity index (χ1v) is 9.73. The first-order chi connectivity index (χ1) is 15.8. The molecule has 3 aromatic rings. The second-order valence-electron chi connectivity index (χ2n) is 7.65. The largest absolute Gasteiger partial charge is 0.480 e. The highest BCUT2D eigenvalue weighted by Crippen LogP contribution is 2.42. The van der Waals surface area contributed by atoms with E-state index < -0.39 is 42.4 Å². The number of halogens is 5. The van der Waals surface area contributed by atoms with Crippen LogP contribution < -0.4 is 10.6 Å². The standard InChI is InChI=1S/C19H16F5N7O3/c1-17(16(33)34)9-11(25-2)27-13(28-12(9)29-15(17)32)10-8-4-3-6-26-14(8)31(30-10)7-5-18(20,21)19(22,23)24/h3-4,6H,5,7H2,1-2H3,(H,33,34)(H2,25,27,28,29,32). The number of alkyl halides is 5. The molecule has 34 heavy (non-hydrogen) atoms. The van der Waals surface area contributed by atoms with Crippen LogP contribution in [0.2, 0.25) is 0 Å². The molecule has 0 spiro atoms. The van der Waals surface area contributed by atoms with Crippen molar-refractivity contribution in [3.63, 3.8) is 0 Å². The van der Waals surface area contributed by atoms with Gasteiger partial charge in [-0.2, -0.15) is 27.1 Å². The molecule has 4 heterocycles. The summed E-state index contributed by atoms with van der Waals surface area (Å²) in [7, 11) is 1.44. The molecule has 4 rings (SSSR count). The van der Waals surface area contributed by atoms with E-state index in [0.717, 1.165) is 4.68 Å². The number of aliphatic carboxylic acids is 1. The molecule has 0 saturated carbocycles. The molecule has 3 aromatic heterocycles. The van der Waals surface area contributed by atoms with Crippen molar-refractivity contribution < 1.29 is 36.6 Å². The first-order valence-electron chi connectivity index (χ1n) is 9.73. The van der Waals surface area contributed by atoms with Gasteiger partial charge in [-0.25, -0.2) is 19.6 Å². The average molecular weight is 485 g/mol. The van der Waals surface area contributed by atoms with Crippen molar-refractivity contribution in [2.75, 3.05) is 17.7 Å². The number of hydrogen-bond donors (Lipinski definition) is 3. The van der Waals surface area contributed by atoms with Crippen LogP contribution in [0, 0.1) is 0 Å². The summed E-state index contributed by atoms with van der Waals surface area (Å²) in [6, 6.07) is 3.00. The number of carboxylic acid groups (broad SMARTS) is 1. The number of fused-ring (bicyclic) bond motifs is 2. The van der Waals surface area contributed by atoms with Crippen LogP contribution in [0.15, 0.2) is 18.3 Å². The monoisotopic (exact) mass is 485 g/mol. The van der Waals surface area contributed by atoms with Crippen LogP contribution in [0.25, 0.3) is 22.6 Å². The number of nitrogens with one attached hydrogen (secondary N) is 2. The van der Waals surface area contributed by atoms with E-state index in [1.807, 2.05) is 0 Å². The summed E-state index contributed by atoms with van der Waals surface area (Å²) < 4.78 is 65.6. The number of carbonyl (C=O) groups excluding carboxylic acids is 1. The van der Waals surface area contributed by atoms with Crippen LogP contribution in [0.5, 0.6) is 0 Å². The number of aromatic nitrogens is 5. The molecule has 1 amide bonds. The third kappa shape index (κ3) is 3.38. The van der Waals surface area contributed by atoms with Crippen LogP contribution >= 0.6 is 0 Å². The Labute approximate surface area is 187 Å². The number of pyridine rings is 1. The number of carbonyl (C=O) groups is 2. The maximum Gasteiger partial charge on any atom is 0.453 e. The van der Waals surface area contributed by atoms with Crippen molar-refractivity contribution in [1.82, 2.24) is 24.7 Å². The Balaban J connectivity index is 1.83. The highest BCUT2D eigenvalue weighted by Gasteiger charge is 2.57. The Morgan fingerprint density at radius 3 is 2.59 bits per heavy atom. The molecule has 10 nitrogen and oxygen atoms in total. The second-order valence-corrected chi connectivity index (χ2v) is 7.65. The maximum absolute atomic E-state index is 13.5. The molecule has 1 aliphatic heterocycles. The average Bonchev–Trinajstić information content (AvgIpc) is 3.26. The van der Waals surface area contributed by atoms with E-state index in [-0.39, 0.29) is 39.8 Å². The van der Waals surface area contributed by atoms with E-state index >= 15 is 0 Å². The lowest BCUT2D eigenvalue weighted by atomic mass is 9.84. The smallest absolute Gasteiger partial charge is 0.453 e. The zero-order valence-corrected chi connectivity index (χ0v) is 17.5. The van der Waals surface area contributed by atoms with Gasteiger partial charge in [0.05, 0.1) is 10.9 Å². The van der Waals surface area contributed by atoms with Gasteiger partial charge in [-0.1, -0.05) is 0 Å². The lowest BCUT2D eigenvalue weighted by Gasteiger charge is -2.19. The zero-order valence-electron chi connectivity index (χ0n) is 17.5. The third-order valence-electron chi connectivity index (χ3n) is 5.53. The Bertz CT molecular complexity index is 1320. The fourth-order valence-electron chi connectivity index (χ4n) is 3.58. The first kappa shape index (κ1) is 23.3. The van der Waals surface area contributed by atoms with Gasteiger partial charge >= 0.3 is 18.1 Å². The third-order valence-corrected chi connectivity index (χ3v) is 5.53. The van der Waals surface area contributed by atoms with E-state index in [1.54, 1.807) is 0 Å². The lowest BCUT2D eigenvalue weighted by molar-refractivity contribution is -0.285. The molecule has 0 aliphatic carbocycles. The molecular formula is C19H16F5N7O3. The molecule has 0 radical (unpaired) electrons. The van der Waals surface area contributed by atoms with Gasteiger partial charge in [0, 0.05) is 26.2 Å². The van der Waals surface area contributed by atoms with Crippen molar-refractivity contribution in [2.45, 2.75) is 37.4 Å². The predicted molar refractivity (Wildman–Crippen MR) is 107 cm³/mol. The molecule has 3 N–H and O–H groups in total. The quantitative estimate of drug-likeness (QED) is 0.358. The Kier molecular flexibility index (Phi) is 5.17. The number of carboxylic acids is 1. The number of hydrogen-bond acceptors (Lipinski definition) is 7. The molecule has 1 atom stereocenters. The van der Waals surface area contributed by atoms with Crippen LogP contribution in [0.3, 0.4) is 0 Å². The normalized spacial score (nSPS) is 18.1. The minimum atomic E-state index is -5.72. The van der Waals surface area contributed by atoms with Gasteiger partial charge in [0.2, 0.25) is 5.91 Å². The summed E-state index contributed by atoms with van der Waals surface area (Å²) in [6.45, 7) is 0.382. The number of anilines is 2. The van der Waals surface area contributed by atoms with Crippen molar-refractivity contribution in [1.29, 1.82) is 0 Å². The van der Waals surface area contributed by atoms with Crippen LogP contribution in [0.4, 0.5) is 33.6 Å². The van der Waals surface area contributed by atoms with E-state index in [9.17, 15) is 36.6 Å². The van der Waals surface area contributed by atoms with Crippen LogP contribution in [0.1, 0.15) is 18.9 Å². The fraction of sp³-hybridized carbons (Fsp3) is 0.368. The molecule has 1 aliphatic rings. The molecule has 180 valence electrons. The summed E-state index contributed by atoms with van der Waals surface area (Å²) in [5, 5.41) is 19.1. The molecule has 15 heteroatoms. The summed E-state index contributed by atoms with van der Waals surface area (Å²) in [5.74, 6) is -7.43. The Hall–Kier alpha value is -3.91. The summed E-state index contributed by atoms with van der Waals surface area (Å²) in [5.41, 5.74) is -1.97. The van der Waals surface area contributed by atoms with Gasteiger partial charge in [-0.3, -0.25) is 9.59 Å². The molecule has 0 bridgehead atoms. The Morgan fingerprint density at radius 2 is 1.97 bits per heavy atom. The number of aryl methyl sites for hydroxylation is 1. The minimum Gasteiger partial charge on any atom is -0.480 e. The van der Waals surface area contributed by atoms with Crippen molar-refractivity contribution in [2.24, 2.45) is 0 Å². The SMILES string of the molecule is CNc1nc(-c2nn(CCC(F)(F)C(F)(F)F)c3ncccc23)nc2c1C(C)(C(=O)O)C(=O)N2. The predicted octanol–water partition coefficient (Wildman–Crippen LogP) is 2.81. The second kappa shape index (κ2) is 7.56. The summed E-state index contributed by atoms with van der Waals surface area (Å²) in [6.07, 6.45) is -5.97. The van der Waals surface area contributed by atoms with Gasteiger partial charge < -0.3 is 15.7 Å². The van der Waals surface area contributed by atoms with E-state index in [4.69, 9.17) is 0 Å². The van der Waals surface area contributed by atoms with Gasteiger partial charge in [0.15, 0.2) is 16.9 Å². The van der Waals surface area contributed by atoms with Crippen molar-refractivity contribution >= 4 is 34.5 Å². The van der Waals surface area contributed by atoms with Crippen LogP contribution in [-0.2, 0) is 21.5 Å². The summed E-state index contributed by atoms with van der Waals surface area (Å²) in [4.78, 5) is 36.7. The number of amides is 1. The minimum absolute atomic E-state index is 0.00144. The van der Waals surface area contributed by atoms with Crippen LogP contribution in [-0.4, -0.2) is 60.9 Å². The van der Waals surface area contributed by atoms with E-state index in [0.29, 0.717) is 0 Å². The van der Waals surface area contributed by atoms with Gasteiger partial charge in [0.1, 0.15) is 17.3 Å². The van der Waals surface area contributed by atoms with E-state index in [2.05, 4.69) is 30.7 Å². The molecular weight excluding hydrogens is 469 g/mol. The van der Waals surface area contributed by atoms with Crippen molar-refractivity contribution in [3.05, 3.63) is 23.9 Å². The van der Waals surface area contributed by atoms with Gasteiger partial charge in [-0.05, 0) is 19.1 Å². The zero-order chi connectivity index (χ0) is 25.1. The topological polar surface area (TPSA) is 135 Å². The lowest BCUT2D eigenvalue weighted by Crippen LogP contribution is -2.39. The number of rotatable bonds is 6.